The second kappa shape index (κ2) is 43.3. The summed E-state index contributed by atoms with van der Waals surface area (Å²) < 4.78 is 94.9. The molecule has 0 aliphatic carbocycles. The Balaban J connectivity index is 0.875. The number of hydrogen-bond donors (Lipinski definition) is 0. The van der Waals surface area contributed by atoms with Crippen molar-refractivity contribution in [1.82, 2.24) is 13.7 Å². The summed E-state index contributed by atoms with van der Waals surface area (Å²) in [7, 11) is 10.1. The van der Waals surface area contributed by atoms with Gasteiger partial charge in [-0.1, -0.05) is 0 Å². The van der Waals surface area contributed by atoms with E-state index < -0.39 is 0 Å². The molecule has 136 heavy (non-hydrogen) atoms. The van der Waals surface area contributed by atoms with E-state index in [1.54, 1.807) is 42.7 Å². The van der Waals surface area contributed by atoms with Crippen molar-refractivity contribution in [1.29, 1.82) is 0 Å². The standard InChI is InChI=1S/C114H111N7O15/c1-10-128-61-64-131-67-70-134-100-49-25-85(26-50-100)119-109-55-31-88(115(79-13-37-94(122-4)38-14-79)80-15-39-95(123-5)40-16-80)73-103(109)106-76-91(34-58-112(106)119)118(92-35-59-113-107(77-92)104-74-89(116(81-17-41-96(124-6)42-18-81)82-19-43-97(125-7)44-20-82)32-56-110(104)120(113)86-27-51-101(52-28-86)135-71-68-132-65-62-129-11-2)93-36-60-114-108(78-93)105-75-90(117(83-21-45-98(126-8)46-22-83)84-23-47-99(127-9)48-24-84)33-57-111(105)121(114)87-29-53-102(54-30-87)136-72-69-133-66-63-130-12-3/h13-60,73-78H,10-12,61-72H2,1-9H3. The highest BCUT2D eigenvalue weighted by Crippen LogP contribution is 2.50. The molecule has 0 amide bonds. The van der Waals surface area contributed by atoms with Crippen LogP contribution in [0.4, 0.5) is 68.2 Å². The smallest absolute Gasteiger partial charge is 0.119 e. The number of anilines is 12. The maximum Gasteiger partial charge on any atom is 0.119 e. The van der Waals surface area contributed by atoms with Crippen LogP contribution in [-0.4, -0.2) is 155 Å². The Hall–Kier alpha value is -15.1. The zero-order valence-electron chi connectivity index (χ0n) is 78.0. The Kier molecular flexibility index (Phi) is 29.1. The summed E-state index contributed by atoms with van der Waals surface area (Å²) >= 11 is 0. The van der Waals surface area contributed by atoms with Gasteiger partial charge in [0.15, 0.2) is 0 Å². The van der Waals surface area contributed by atoms with E-state index in [0.29, 0.717) is 99.1 Å². The number of rotatable bonds is 45. The van der Waals surface area contributed by atoms with Crippen LogP contribution in [0.1, 0.15) is 20.8 Å². The third kappa shape index (κ3) is 19.9. The second-order valence-electron chi connectivity index (χ2n) is 32.2. The monoisotopic (exact) mass is 1820 g/mol. The second-order valence-corrected chi connectivity index (χ2v) is 32.2. The molecule has 0 aliphatic heterocycles. The molecule has 0 saturated heterocycles. The summed E-state index contributed by atoms with van der Waals surface area (Å²) in [5.74, 6) is 6.64. The van der Waals surface area contributed by atoms with Gasteiger partial charge in [-0.15, -0.1) is 0 Å². The van der Waals surface area contributed by atoms with Crippen molar-refractivity contribution < 1.29 is 71.1 Å². The Labute approximate surface area is 792 Å². The van der Waals surface area contributed by atoms with Crippen LogP contribution in [0.15, 0.2) is 328 Å². The molecule has 0 aliphatic rings. The van der Waals surface area contributed by atoms with E-state index in [2.05, 4.69) is 252 Å². The minimum Gasteiger partial charge on any atom is -0.497 e. The number of ether oxygens (including phenoxy) is 15. The van der Waals surface area contributed by atoms with E-state index in [0.717, 1.165) is 202 Å². The number of nitrogens with zero attached hydrogens (tertiary/aromatic N) is 7. The summed E-state index contributed by atoms with van der Waals surface area (Å²) in [5, 5.41) is 6.00. The quantitative estimate of drug-likeness (QED) is 0.0330. The van der Waals surface area contributed by atoms with Crippen molar-refractivity contribution in [3.63, 3.8) is 0 Å². The molecule has 0 saturated carbocycles. The molecule has 18 rings (SSSR count). The van der Waals surface area contributed by atoms with Crippen molar-refractivity contribution >= 4 is 134 Å². The number of fused-ring (bicyclic) bond motifs is 9. The average Bonchev–Trinajstić information content (AvgIpc) is 1.55. The summed E-state index contributed by atoms with van der Waals surface area (Å²) in [6.45, 7) is 13.3. The van der Waals surface area contributed by atoms with Crippen molar-refractivity contribution in [3.8, 4) is 68.8 Å². The first-order chi connectivity index (χ1) is 67.0. The third-order valence-electron chi connectivity index (χ3n) is 24.2. The molecule has 0 atom stereocenters. The molecule has 22 heteroatoms. The Morgan fingerprint density at radius 1 is 0.169 bits per heavy atom. The van der Waals surface area contributed by atoms with Crippen LogP contribution in [-0.2, 0) is 28.4 Å². The molecule has 18 aromatic rings. The molecule has 22 nitrogen and oxygen atoms in total. The molecule has 0 N–H and O–H groups in total. The largest absolute Gasteiger partial charge is 0.497 e. The molecule has 0 bridgehead atoms. The number of aromatic nitrogens is 3. The lowest BCUT2D eigenvalue weighted by molar-refractivity contribution is 0.0405. The van der Waals surface area contributed by atoms with Gasteiger partial charge in [-0.3, -0.25) is 0 Å². The normalized spacial score (nSPS) is 11.4. The van der Waals surface area contributed by atoms with Crippen molar-refractivity contribution in [3.05, 3.63) is 328 Å². The highest BCUT2D eigenvalue weighted by molar-refractivity contribution is 6.16. The molecule has 15 aromatic carbocycles. The van der Waals surface area contributed by atoms with Gasteiger partial charge in [-0.25, -0.2) is 0 Å². The van der Waals surface area contributed by atoms with Crippen LogP contribution >= 0.6 is 0 Å². The van der Waals surface area contributed by atoms with Crippen LogP contribution in [0, 0.1) is 0 Å². The van der Waals surface area contributed by atoms with E-state index in [4.69, 9.17) is 71.1 Å². The van der Waals surface area contributed by atoms with Crippen molar-refractivity contribution in [2.45, 2.75) is 20.8 Å². The van der Waals surface area contributed by atoms with Crippen molar-refractivity contribution in [2.75, 3.05) is 161 Å². The minimum absolute atomic E-state index is 0.379. The summed E-state index contributed by atoms with van der Waals surface area (Å²) in [6.07, 6.45) is 0. The minimum atomic E-state index is 0.379. The average molecular weight is 1820 g/mol. The zero-order chi connectivity index (χ0) is 93.2. The van der Waals surface area contributed by atoms with Gasteiger partial charge >= 0.3 is 0 Å². The van der Waals surface area contributed by atoms with Crippen LogP contribution in [0.25, 0.3) is 82.5 Å². The molecule has 0 spiro atoms. The fourth-order valence-electron chi connectivity index (χ4n) is 17.7. The SMILES string of the molecule is CCOCCOCCOc1ccc(-n2c3ccc(N(c4ccc(OC)cc4)c4ccc(OC)cc4)cc3c3cc(N(c4ccc5c(c4)c4cc(N(c6ccc(OC)cc6)c6ccc(OC)cc6)ccc4n5-c4ccc(OCCOCCOCC)cc4)c4ccc5c(c4)c4cc(N(c6ccc(OC)cc6)c6ccc(OC)cc6)ccc4n5-c4ccc(OCCOCCOCC)cc4)ccc32)cc1. The fourth-order valence-corrected chi connectivity index (χ4v) is 17.7. The molecule has 692 valence electrons. The lowest BCUT2D eigenvalue weighted by Gasteiger charge is -2.27. The van der Waals surface area contributed by atoms with Gasteiger partial charge < -0.3 is 104 Å². The summed E-state index contributed by atoms with van der Waals surface area (Å²) in [6, 6.07) is 115. The molecular formula is C114H111N7O15. The summed E-state index contributed by atoms with van der Waals surface area (Å²) in [4.78, 5) is 9.24. The highest BCUT2D eigenvalue weighted by Gasteiger charge is 2.27. The van der Waals surface area contributed by atoms with Gasteiger partial charge in [0.05, 0.1) is 135 Å². The van der Waals surface area contributed by atoms with Crippen LogP contribution in [0.3, 0.4) is 0 Å². The number of benzene rings is 15. The Morgan fingerprint density at radius 3 is 0.500 bits per heavy atom. The maximum atomic E-state index is 6.34. The van der Waals surface area contributed by atoms with Crippen LogP contribution in [0.5, 0.6) is 51.7 Å². The molecule has 3 aromatic heterocycles. The molecule has 0 unspecified atom stereocenters. The fraction of sp³-hybridized carbons (Fsp3) is 0.211. The predicted octanol–water partition coefficient (Wildman–Crippen LogP) is 26.2. The first-order valence-electron chi connectivity index (χ1n) is 46.0. The van der Waals surface area contributed by atoms with E-state index in [1.165, 1.54) is 0 Å². The third-order valence-corrected chi connectivity index (χ3v) is 24.2. The first-order valence-corrected chi connectivity index (χ1v) is 46.0. The van der Waals surface area contributed by atoms with Gasteiger partial charge in [0.2, 0.25) is 0 Å². The van der Waals surface area contributed by atoms with Gasteiger partial charge in [0.25, 0.3) is 0 Å². The van der Waals surface area contributed by atoms with Gasteiger partial charge in [-0.2, -0.15) is 0 Å². The highest BCUT2D eigenvalue weighted by atomic mass is 16.6. The van der Waals surface area contributed by atoms with Crippen LogP contribution in [0.2, 0.25) is 0 Å². The van der Waals surface area contributed by atoms with E-state index in [1.807, 2.05) is 130 Å². The Bertz CT molecular complexity index is 6220. The van der Waals surface area contributed by atoms with Gasteiger partial charge in [0.1, 0.15) is 71.6 Å². The molecule has 0 fully saturated rings. The van der Waals surface area contributed by atoms with Crippen LogP contribution < -0.4 is 62.2 Å². The zero-order valence-corrected chi connectivity index (χ0v) is 78.0. The first kappa shape index (κ1) is 91.4. The topological polar surface area (TPSA) is 166 Å². The lowest BCUT2D eigenvalue weighted by atomic mass is 10.1. The number of methoxy groups -OCH3 is 6. The lowest BCUT2D eigenvalue weighted by Crippen LogP contribution is -2.10. The molecular weight excluding hydrogens is 1710 g/mol. The molecule has 0 radical (unpaired) electrons. The van der Waals surface area contributed by atoms with E-state index in [-0.39, 0.29) is 0 Å². The predicted molar refractivity (Wildman–Crippen MR) is 546 cm³/mol. The van der Waals surface area contributed by atoms with Crippen molar-refractivity contribution in [2.24, 2.45) is 0 Å². The molecule has 3 heterocycles. The Morgan fingerprint density at radius 2 is 0.324 bits per heavy atom. The van der Waals surface area contributed by atoms with Gasteiger partial charge in [0, 0.05) is 137 Å². The summed E-state index contributed by atoms with van der Waals surface area (Å²) in [5.41, 5.74) is 19.8. The number of hydrogen-bond acceptors (Lipinski definition) is 19. The van der Waals surface area contributed by atoms with Gasteiger partial charge in [-0.05, 0) is 348 Å². The van der Waals surface area contributed by atoms with E-state index in [9.17, 15) is 0 Å². The maximum absolute atomic E-state index is 6.34. The van der Waals surface area contributed by atoms with E-state index >= 15 is 0 Å².